The van der Waals surface area contributed by atoms with Gasteiger partial charge in [-0.15, -0.1) is 0 Å². The van der Waals surface area contributed by atoms with Crippen molar-refractivity contribution in [2.24, 2.45) is 0 Å². The molecule has 2 rings (SSSR count). The molecule has 4 nitrogen and oxygen atoms in total. The zero-order chi connectivity index (χ0) is 14.9. The Balaban J connectivity index is 2.28. The Labute approximate surface area is 115 Å². The van der Waals surface area contributed by atoms with Gasteiger partial charge in [-0.2, -0.15) is 0 Å². The molecule has 0 unspecified atom stereocenters. The van der Waals surface area contributed by atoms with Crippen LogP contribution in [0.3, 0.4) is 0 Å². The van der Waals surface area contributed by atoms with E-state index in [2.05, 4.69) is 11.9 Å². The van der Waals surface area contributed by atoms with Gasteiger partial charge in [0.2, 0.25) is 0 Å². The fourth-order valence-corrected chi connectivity index (χ4v) is 1.94. The van der Waals surface area contributed by atoms with Crippen LogP contribution in [0, 0.1) is 11.6 Å². The van der Waals surface area contributed by atoms with Crippen molar-refractivity contribution in [2.75, 3.05) is 18.9 Å². The molecule has 0 bridgehead atoms. The number of aliphatic hydroxyl groups excluding tert-OH is 1. The molecule has 0 radical (unpaired) electrons. The van der Waals surface area contributed by atoms with Crippen molar-refractivity contribution >= 4 is 11.6 Å². The van der Waals surface area contributed by atoms with Gasteiger partial charge < -0.3 is 15.3 Å². The number of anilines is 1. The Kier molecular flexibility index (Phi) is 3.74. The highest BCUT2D eigenvalue weighted by atomic mass is 19.1. The summed E-state index contributed by atoms with van der Waals surface area (Å²) in [5.74, 6) is -1.82. The number of aliphatic hydroxyl groups is 1. The minimum Gasteiger partial charge on any atom is -0.511 e. The molecule has 20 heavy (non-hydrogen) atoms. The Bertz CT molecular complexity index is 611. The van der Waals surface area contributed by atoms with E-state index in [9.17, 15) is 18.7 Å². The number of amides is 1. The van der Waals surface area contributed by atoms with Crippen LogP contribution in [0.25, 0.3) is 0 Å². The molecule has 0 aromatic heterocycles. The van der Waals surface area contributed by atoms with Gasteiger partial charge in [0.15, 0.2) is 0 Å². The maximum absolute atomic E-state index is 13.5. The van der Waals surface area contributed by atoms with Crippen molar-refractivity contribution in [1.29, 1.82) is 0 Å². The van der Waals surface area contributed by atoms with Crippen molar-refractivity contribution in [3.8, 4) is 0 Å². The number of hydrogen-bond donors (Lipinski definition) is 2. The minimum absolute atomic E-state index is 0.0117. The van der Waals surface area contributed by atoms with Crippen molar-refractivity contribution in [3.05, 3.63) is 53.4 Å². The van der Waals surface area contributed by atoms with Crippen molar-refractivity contribution in [2.45, 2.75) is 6.42 Å². The zero-order valence-electron chi connectivity index (χ0n) is 10.9. The first-order valence-corrected chi connectivity index (χ1v) is 5.99. The molecule has 1 aromatic carbocycles. The van der Waals surface area contributed by atoms with Crippen molar-refractivity contribution in [1.82, 2.24) is 4.90 Å². The second-order valence-electron chi connectivity index (χ2n) is 4.53. The lowest BCUT2D eigenvalue weighted by atomic mass is 10.0. The smallest absolute Gasteiger partial charge is 0.259 e. The molecule has 1 aliphatic heterocycles. The van der Waals surface area contributed by atoms with E-state index in [4.69, 9.17) is 0 Å². The molecule has 0 aliphatic carbocycles. The molecule has 0 saturated carbocycles. The SMILES string of the molecule is C=C(Nc1cc(F)ccc1F)C1=C(O)CCN(C)C1=O. The van der Waals surface area contributed by atoms with E-state index in [1.54, 1.807) is 7.05 Å². The first-order valence-electron chi connectivity index (χ1n) is 5.99. The number of halogens is 2. The highest BCUT2D eigenvalue weighted by molar-refractivity contribution is 5.99. The standard InChI is InChI=1S/C14H14F2N2O2/c1-8(13-12(19)5-6-18(2)14(13)20)17-11-7-9(15)3-4-10(11)16/h3-4,7,17,19H,1,5-6H2,2H3. The third-order valence-corrected chi connectivity index (χ3v) is 3.05. The summed E-state index contributed by atoms with van der Waals surface area (Å²) in [5.41, 5.74) is -0.123. The van der Waals surface area contributed by atoms with E-state index < -0.39 is 17.5 Å². The van der Waals surface area contributed by atoms with Gasteiger partial charge in [0.25, 0.3) is 5.91 Å². The third kappa shape index (κ3) is 2.64. The molecule has 0 spiro atoms. The van der Waals surface area contributed by atoms with Gasteiger partial charge in [-0.1, -0.05) is 6.58 Å². The van der Waals surface area contributed by atoms with Gasteiger partial charge in [0, 0.05) is 31.8 Å². The number of nitrogens with one attached hydrogen (secondary N) is 1. The second-order valence-corrected chi connectivity index (χ2v) is 4.53. The van der Waals surface area contributed by atoms with Crippen molar-refractivity contribution in [3.63, 3.8) is 0 Å². The molecule has 0 atom stereocenters. The molecule has 2 N–H and O–H groups in total. The molecular weight excluding hydrogens is 266 g/mol. The van der Waals surface area contributed by atoms with Crippen LogP contribution in [-0.4, -0.2) is 29.5 Å². The molecule has 0 fully saturated rings. The highest BCUT2D eigenvalue weighted by Crippen LogP contribution is 2.25. The van der Waals surface area contributed by atoms with E-state index in [1.807, 2.05) is 0 Å². The summed E-state index contributed by atoms with van der Waals surface area (Å²) in [6.45, 7) is 4.01. The largest absolute Gasteiger partial charge is 0.511 e. The topological polar surface area (TPSA) is 52.6 Å². The summed E-state index contributed by atoms with van der Waals surface area (Å²) in [5, 5.41) is 12.3. The Morgan fingerprint density at radius 2 is 2.15 bits per heavy atom. The molecule has 1 amide bonds. The molecular formula is C14H14F2N2O2. The van der Waals surface area contributed by atoms with Crippen LogP contribution >= 0.6 is 0 Å². The fourth-order valence-electron chi connectivity index (χ4n) is 1.94. The minimum atomic E-state index is -0.677. The van der Waals surface area contributed by atoms with Crippen LogP contribution in [0.1, 0.15) is 6.42 Å². The fraction of sp³-hybridized carbons (Fsp3) is 0.214. The van der Waals surface area contributed by atoms with E-state index in [0.717, 1.165) is 18.2 Å². The number of likely N-dealkylation sites (N-methyl/N-ethyl adjacent to an activating group) is 1. The maximum atomic E-state index is 13.5. The number of carbonyl (C=O) groups is 1. The van der Waals surface area contributed by atoms with E-state index in [0.29, 0.717) is 13.0 Å². The van der Waals surface area contributed by atoms with Crippen LogP contribution < -0.4 is 5.32 Å². The predicted molar refractivity (Wildman–Crippen MR) is 71.0 cm³/mol. The number of hydrogen-bond acceptors (Lipinski definition) is 3. The average Bonchev–Trinajstić information content (AvgIpc) is 2.39. The predicted octanol–water partition coefficient (Wildman–Crippen LogP) is 2.56. The van der Waals surface area contributed by atoms with Gasteiger partial charge in [0.05, 0.1) is 11.3 Å². The Hall–Kier alpha value is -2.37. The third-order valence-electron chi connectivity index (χ3n) is 3.05. The molecule has 6 heteroatoms. The maximum Gasteiger partial charge on any atom is 0.259 e. The summed E-state index contributed by atoms with van der Waals surface area (Å²) in [7, 11) is 1.59. The lowest BCUT2D eigenvalue weighted by molar-refractivity contribution is -0.126. The first-order chi connectivity index (χ1) is 9.40. The summed E-state index contributed by atoms with van der Waals surface area (Å²) in [6, 6.07) is 2.91. The Morgan fingerprint density at radius 3 is 2.85 bits per heavy atom. The lowest BCUT2D eigenvalue weighted by Crippen LogP contribution is -2.35. The summed E-state index contributed by atoms with van der Waals surface area (Å²) in [4.78, 5) is 13.4. The van der Waals surface area contributed by atoms with E-state index in [-0.39, 0.29) is 22.7 Å². The lowest BCUT2D eigenvalue weighted by Gasteiger charge is -2.26. The first kappa shape index (κ1) is 14.0. The summed E-state index contributed by atoms with van der Waals surface area (Å²) >= 11 is 0. The molecule has 0 saturated heterocycles. The highest BCUT2D eigenvalue weighted by Gasteiger charge is 2.27. The molecule has 106 valence electrons. The number of carbonyl (C=O) groups excluding carboxylic acids is 1. The monoisotopic (exact) mass is 280 g/mol. The van der Waals surface area contributed by atoms with E-state index in [1.165, 1.54) is 4.90 Å². The van der Waals surface area contributed by atoms with Crippen molar-refractivity contribution < 1.29 is 18.7 Å². The average molecular weight is 280 g/mol. The van der Waals surface area contributed by atoms with Crippen LogP contribution in [0.5, 0.6) is 0 Å². The van der Waals surface area contributed by atoms with E-state index >= 15 is 0 Å². The van der Waals surface area contributed by atoms with Crippen LogP contribution in [0.2, 0.25) is 0 Å². The van der Waals surface area contributed by atoms with Gasteiger partial charge in [-0.3, -0.25) is 4.79 Å². The van der Waals surface area contributed by atoms with Gasteiger partial charge in [0.1, 0.15) is 17.4 Å². The number of nitrogens with zero attached hydrogens (tertiary/aromatic N) is 1. The summed E-state index contributed by atoms with van der Waals surface area (Å²) in [6.07, 6.45) is 0.296. The van der Waals surface area contributed by atoms with Crippen LogP contribution in [-0.2, 0) is 4.79 Å². The number of rotatable bonds is 3. The molecule has 1 aliphatic rings. The van der Waals surface area contributed by atoms with Gasteiger partial charge in [-0.05, 0) is 12.1 Å². The molecule has 1 heterocycles. The zero-order valence-corrected chi connectivity index (χ0v) is 10.9. The van der Waals surface area contributed by atoms with Crippen LogP contribution in [0.4, 0.5) is 14.5 Å². The van der Waals surface area contributed by atoms with Gasteiger partial charge >= 0.3 is 0 Å². The Morgan fingerprint density at radius 1 is 1.45 bits per heavy atom. The summed E-state index contributed by atoms with van der Waals surface area (Å²) < 4.78 is 26.6. The van der Waals surface area contributed by atoms with Gasteiger partial charge in [-0.25, -0.2) is 8.78 Å². The second kappa shape index (κ2) is 5.32. The normalized spacial score (nSPS) is 15.6. The quantitative estimate of drug-likeness (QED) is 0.894. The van der Waals surface area contributed by atoms with Crippen LogP contribution in [0.15, 0.2) is 41.8 Å². The molecule has 1 aromatic rings. The number of benzene rings is 1.